The monoisotopic (exact) mass is 422 g/mol. The van der Waals surface area contributed by atoms with Crippen LogP contribution in [0.5, 0.6) is 0 Å². The highest BCUT2D eigenvalue weighted by Crippen LogP contribution is 2.31. The van der Waals surface area contributed by atoms with Crippen molar-refractivity contribution in [3.05, 3.63) is 70.9 Å². The number of benzene rings is 2. The first-order valence-electron chi connectivity index (χ1n) is 9.56. The molecule has 4 rings (SSSR count). The minimum Gasteiger partial charge on any atom is -0.352 e. The molecule has 3 aromatic rings. The smallest absolute Gasteiger partial charge is 0.352 e. The molecule has 158 valence electrons. The van der Waals surface area contributed by atoms with Crippen LogP contribution in [0.15, 0.2) is 42.5 Å². The molecular weight excluding hydrogens is 403 g/mol. The van der Waals surface area contributed by atoms with Crippen LogP contribution in [-0.4, -0.2) is 41.5 Å². The molecule has 0 bridgehead atoms. The summed E-state index contributed by atoms with van der Waals surface area (Å²) in [7, 11) is 0. The number of aromatic amines is 1. The van der Waals surface area contributed by atoms with Gasteiger partial charge in [-0.2, -0.15) is 13.2 Å². The fourth-order valence-corrected chi connectivity index (χ4v) is 4.05. The van der Waals surface area contributed by atoms with Gasteiger partial charge in [-0.15, -0.1) is 0 Å². The normalized spacial score (nSPS) is 17.7. The first-order chi connectivity index (χ1) is 14.2. The van der Waals surface area contributed by atoms with Crippen molar-refractivity contribution in [2.75, 3.05) is 19.6 Å². The van der Waals surface area contributed by atoms with E-state index in [9.17, 15) is 26.7 Å². The van der Waals surface area contributed by atoms with E-state index in [2.05, 4.69) is 4.98 Å². The molecule has 1 atom stereocenters. The van der Waals surface area contributed by atoms with Crippen LogP contribution in [0.3, 0.4) is 0 Å². The van der Waals surface area contributed by atoms with Crippen LogP contribution in [0.2, 0.25) is 0 Å². The molecule has 0 amide bonds. The van der Waals surface area contributed by atoms with Crippen molar-refractivity contribution < 1.29 is 26.7 Å². The molecule has 0 aliphatic carbocycles. The van der Waals surface area contributed by atoms with Crippen molar-refractivity contribution in [2.45, 2.75) is 24.9 Å². The van der Waals surface area contributed by atoms with Gasteiger partial charge in [0.05, 0.1) is 12.2 Å². The summed E-state index contributed by atoms with van der Waals surface area (Å²) < 4.78 is 64.5. The van der Waals surface area contributed by atoms with Gasteiger partial charge in [0.15, 0.2) is 5.78 Å². The third-order valence-corrected chi connectivity index (χ3v) is 5.38. The van der Waals surface area contributed by atoms with Gasteiger partial charge in [0.25, 0.3) is 0 Å². The van der Waals surface area contributed by atoms with E-state index in [1.54, 1.807) is 12.1 Å². The molecule has 1 aromatic heterocycles. The lowest BCUT2D eigenvalue weighted by atomic mass is 9.97. The highest BCUT2D eigenvalue weighted by molar-refractivity contribution is 6.00. The van der Waals surface area contributed by atoms with Crippen LogP contribution in [0.4, 0.5) is 22.0 Å². The van der Waals surface area contributed by atoms with Crippen LogP contribution < -0.4 is 0 Å². The number of carbonyl (C=O) groups excluding carboxylic acids is 1. The average Bonchev–Trinajstić information content (AvgIpc) is 3.25. The third kappa shape index (κ3) is 4.70. The van der Waals surface area contributed by atoms with Crippen molar-refractivity contribution in [1.29, 1.82) is 0 Å². The first-order valence-corrected chi connectivity index (χ1v) is 9.56. The summed E-state index contributed by atoms with van der Waals surface area (Å²) in [4.78, 5) is 16.9. The topological polar surface area (TPSA) is 36.1 Å². The minimum absolute atomic E-state index is 0.000991. The van der Waals surface area contributed by atoms with Crippen LogP contribution in [0.25, 0.3) is 10.9 Å². The lowest BCUT2D eigenvalue weighted by molar-refractivity contribution is -0.143. The molecule has 1 aliphatic rings. The zero-order valence-corrected chi connectivity index (χ0v) is 15.9. The molecule has 0 radical (unpaired) electrons. The first kappa shape index (κ1) is 20.5. The number of hydrogen-bond acceptors (Lipinski definition) is 2. The average molecular weight is 422 g/mol. The molecule has 1 saturated heterocycles. The number of nitrogens with one attached hydrogen (secondary N) is 1. The second kappa shape index (κ2) is 7.83. The zero-order valence-electron chi connectivity index (χ0n) is 15.9. The van der Waals surface area contributed by atoms with Crippen molar-refractivity contribution in [1.82, 2.24) is 9.88 Å². The predicted molar refractivity (Wildman–Crippen MR) is 103 cm³/mol. The van der Waals surface area contributed by atoms with Gasteiger partial charge < -0.3 is 4.98 Å². The maximum absolute atomic E-state index is 13.3. The van der Waals surface area contributed by atoms with Crippen molar-refractivity contribution >= 4 is 16.7 Å². The number of fused-ring (bicyclic) bond motifs is 1. The molecule has 0 spiro atoms. The van der Waals surface area contributed by atoms with Gasteiger partial charge in [0.1, 0.15) is 11.6 Å². The van der Waals surface area contributed by atoms with E-state index in [1.165, 1.54) is 4.90 Å². The molecule has 1 unspecified atom stereocenters. The molecule has 1 fully saturated rings. The number of likely N-dealkylation sites (tertiary alicyclic amines) is 1. The Balaban J connectivity index is 1.49. The van der Waals surface area contributed by atoms with E-state index in [-0.39, 0.29) is 23.7 Å². The number of hydrogen-bond donors (Lipinski definition) is 1. The maximum atomic E-state index is 13.3. The van der Waals surface area contributed by atoms with Gasteiger partial charge in [0.2, 0.25) is 0 Å². The fourth-order valence-electron chi connectivity index (χ4n) is 4.05. The summed E-state index contributed by atoms with van der Waals surface area (Å²) >= 11 is 0. The van der Waals surface area contributed by atoms with Gasteiger partial charge in [0, 0.05) is 29.9 Å². The number of halogens is 5. The van der Waals surface area contributed by atoms with Gasteiger partial charge in [-0.25, -0.2) is 8.78 Å². The standard InChI is InChI=1S/C22H19F5N2O/c23-17-5-13(6-18(24)10-17)7-21(30)20-9-16-8-14(1-2-19(16)28-20)15-3-4-29(11-15)12-22(25,26)27/h1-2,5-6,8-10,15,28H,3-4,7,11-12H2. The van der Waals surface area contributed by atoms with E-state index in [1.807, 2.05) is 12.1 Å². The molecule has 2 heterocycles. The quantitative estimate of drug-likeness (QED) is 0.452. The largest absolute Gasteiger partial charge is 0.401 e. The van der Waals surface area contributed by atoms with Gasteiger partial charge >= 0.3 is 6.18 Å². The number of aromatic nitrogens is 1. The van der Waals surface area contributed by atoms with Gasteiger partial charge in [-0.1, -0.05) is 6.07 Å². The maximum Gasteiger partial charge on any atom is 0.401 e. The minimum atomic E-state index is -4.21. The van der Waals surface area contributed by atoms with E-state index in [0.717, 1.165) is 34.7 Å². The van der Waals surface area contributed by atoms with E-state index in [0.29, 0.717) is 25.2 Å². The molecule has 1 N–H and O–H groups in total. The number of H-pyrrole nitrogens is 1. The number of alkyl halides is 3. The van der Waals surface area contributed by atoms with E-state index in [4.69, 9.17) is 0 Å². The van der Waals surface area contributed by atoms with Crippen molar-refractivity contribution in [3.63, 3.8) is 0 Å². The SMILES string of the molecule is O=C(Cc1cc(F)cc(F)c1)c1cc2cc(C3CCN(CC(F)(F)F)C3)ccc2[nH]1. The second-order valence-corrected chi connectivity index (χ2v) is 7.74. The molecule has 8 heteroatoms. The lowest BCUT2D eigenvalue weighted by Gasteiger charge is -2.18. The Morgan fingerprint density at radius 3 is 2.50 bits per heavy atom. The third-order valence-electron chi connectivity index (χ3n) is 5.38. The summed E-state index contributed by atoms with van der Waals surface area (Å²) in [6.07, 6.45) is -3.72. The highest BCUT2D eigenvalue weighted by Gasteiger charge is 2.34. The number of rotatable bonds is 5. The number of nitrogens with zero attached hydrogens (tertiary/aromatic N) is 1. The molecule has 2 aromatic carbocycles. The van der Waals surface area contributed by atoms with Crippen LogP contribution in [0.1, 0.15) is 34.0 Å². The zero-order chi connectivity index (χ0) is 21.5. The van der Waals surface area contributed by atoms with Crippen molar-refractivity contribution in [3.8, 4) is 0 Å². The predicted octanol–water partition coefficient (Wildman–Crippen LogP) is 5.22. The Hall–Kier alpha value is -2.74. The molecule has 3 nitrogen and oxygen atoms in total. The Bertz CT molecular complexity index is 1070. The molecule has 0 saturated carbocycles. The van der Waals surface area contributed by atoms with Crippen molar-refractivity contribution in [2.24, 2.45) is 0 Å². The summed E-state index contributed by atoms with van der Waals surface area (Å²) in [5.74, 6) is -1.79. The van der Waals surface area contributed by atoms with Crippen LogP contribution in [-0.2, 0) is 6.42 Å². The summed E-state index contributed by atoms with van der Waals surface area (Å²) in [6.45, 7) is -0.176. The van der Waals surface area contributed by atoms with Gasteiger partial charge in [-0.05, 0) is 60.3 Å². The molecule has 1 aliphatic heterocycles. The Morgan fingerprint density at radius 1 is 1.07 bits per heavy atom. The Labute approximate surface area is 169 Å². The molecule has 30 heavy (non-hydrogen) atoms. The summed E-state index contributed by atoms with van der Waals surface area (Å²) in [5, 5.41) is 0.774. The fraction of sp³-hybridized carbons (Fsp3) is 0.318. The Morgan fingerprint density at radius 2 is 1.80 bits per heavy atom. The van der Waals surface area contributed by atoms with Gasteiger partial charge in [-0.3, -0.25) is 9.69 Å². The number of ketones is 1. The Kier molecular flexibility index (Phi) is 5.36. The summed E-state index contributed by atoms with van der Waals surface area (Å²) in [5.41, 5.74) is 2.21. The lowest BCUT2D eigenvalue weighted by Crippen LogP contribution is -2.32. The van der Waals surface area contributed by atoms with E-state index < -0.39 is 24.4 Å². The van der Waals surface area contributed by atoms with Crippen LogP contribution in [0, 0.1) is 11.6 Å². The van der Waals surface area contributed by atoms with Crippen LogP contribution >= 0.6 is 0 Å². The highest BCUT2D eigenvalue weighted by atomic mass is 19.4. The molecular formula is C22H19F5N2O. The number of Topliss-reactive ketones (excluding diaryl/α,β-unsaturated/α-hetero) is 1. The summed E-state index contributed by atoms with van der Waals surface area (Å²) in [6, 6.07) is 10.2. The van der Waals surface area contributed by atoms with E-state index >= 15 is 0 Å². The second-order valence-electron chi connectivity index (χ2n) is 7.74. The number of carbonyl (C=O) groups is 1.